The van der Waals surface area contributed by atoms with Gasteiger partial charge in [0, 0.05) is 38.4 Å². The average Bonchev–Trinajstić information content (AvgIpc) is 4.07. The van der Waals surface area contributed by atoms with Crippen molar-refractivity contribution in [2.75, 3.05) is 0 Å². The van der Waals surface area contributed by atoms with Crippen LogP contribution in [0.4, 0.5) is 0 Å². The van der Waals surface area contributed by atoms with Crippen LogP contribution in [0, 0.1) is 52.9 Å². The second-order valence-corrected chi connectivity index (χ2v) is 21.0. The van der Waals surface area contributed by atoms with E-state index in [1.807, 2.05) is 6.07 Å². The van der Waals surface area contributed by atoms with Crippen molar-refractivity contribution in [3.8, 4) is 84.2 Å². The smallest absolute Gasteiger partial charge is 0.0998 e. The molecule has 3 nitrogen and oxygen atoms in total. The van der Waals surface area contributed by atoms with Crippen LogP contribution in [0.15, 0.2) is 224 Å². The van der Waals surface area contributed by atoms with E-state index >= 15 is 0 Å². The monoisotopic (exact) mass is 973 g/mol. The number of benzene rings is 11. The Balaban J connectivity index is 1.08. The van der Waals surface area contributed by atoms with E-state index in [2.05, 4.69) is 275 Å². The van der Waals surface area contributed by atoms with Crippen molar-refractivity contribution in [3.05, 3.63) is 263 Å². The zero-order valence-corrected chi connectivity index (χ0v) is 43.7. The summed E-state index contributed by atoms with van der Waals surface area (Å²) < 4.78 is 4.82. The summed E-state index contributed by atoms with van der Waals surface area (Å²) in [6.45, 7) is 12.9. The summed E-state index contributed by atoms with van der Waals surface area (Å²) in [5, 5.41) is 15.9. The molecule has 0 amide bonds. The fraction of sp³-hybridized carbons (Fsp3) is 0.0822. The molecule has 0 saturated carbocycles. The van der Waals surface area contributed by atoms with Crippen molar-refractivity contribution >= 4 is 43.6 Å². The lowest BCUT2D eigenvalue weighted by molar-refractivity contribution is 1.17. The third kappa shape index (κ3) is 8.17. The molecule has 3 heteroatoms. The van der Waals surface area contributed by atoms with Gasteiger partial charge in [-0.1, -0.05) is 179 Å². The zero-order chi connectivity index (χ0) is 51.8. The molecule has 0 unspecified atom stereocenters. The zero-order valence-electron chi connectivity index (χ0n) is 43.7. The molecule has 0 radical (unpaired) electrons. The molecule has 13 rings (SSSR count). The van der Waals surface area contributed by atoms with E-state index in [4.69, 9.17) is 0 Å². The second kappa shape index (κ2) is 18.5. The van der Waals surface area contributed by atoms with Gasteiger partial charge in [0.1, 0.15) is 0 Å². The van der Waals surface area contributed by atoms with E-state index in [1.54, 1.807) is 0 Å². The number of nitriles is 1. The summed E-state index contributed by atoms with van der Waals surface area (Å²) in [5.74, 6) is 0. The summed E-state index contributed by atoms with van der Waals surface area (Å²) >= 11 is 0. The molecule has 2 aromatic heterocycles. The molecule has 13 aromatic rings. The maximum absolute atomic E-state index is 11.2. The van der Waals surface area contributed by atoms with Crippen molar-refractivity contribution in [3.63, 3.8) is 0 Å². The SMILES string of the molecule is Cc1cccc(-c2ccc3c(c2)c2cc(-c4cccc(C)c4)ccc2n3-c2ccc(C#N)c(-c3cc(-c4cc(C)cc(C)c4)ccc3-n3c4ccc(-c5cccc(C)c5)cc4c4cc(-c5cccc(C)c5)ccc43)c2)c1. The van der Waals surface area contributed by atoms with E-state index in [9.17, 15) is 5.26 Å². The van der Waals surface area contributed by atoms with Gasteiger partial charge in [0.25, 0.3) is 0 Å². The summed E-state index contributed by atoms with van der Waals surface area (Å²) in [7, 11) is 0. The van der Waals surface area contributed by atoms with Crippen LogP contribution in [0.25, 0.3) is 122 Å². The van der Waals surface area contributed by atoms with Crippen LogP contribution >= 0.6 is 0 Å². The highest BCUT2D eigenvalue weighted by atomic mass is 15.0. The quantitative estimate of drug-likeness (QED) is 0.149. The van der Waals surface area contributed by atoms with E-state index < -0.39 is 0 Å². The van der Waals surface area contributed by atoms with Crippen LogP contribution < -0.4 is 0 Å². The summed E-state index contributed by atoms with van der Waals surface area (Å²) in [5.41, 5.74) is 27.8. The third-order valence-corrected chi connectivity index (χ3v) is 15.4. The van der Waals surface area contributed by atoms with Gasteiger partial charge in [0.05, 0.1) is 39.4 Å². The molecule has 0 atom stereocenters. The summed E-state index contributed by atoms with van der Waals surface area (Å²) in [6, 6.07) is 85.3. The Kier molecular flexibility index (Phi) is 11.3. The Morgan fingerprint density at radius 1 is 0.276 bits per heavy atom. The predicted molar refractivity (Wildman–Crippen MR) is 321 cm³/mol. The van der Waals surface area contributed by atoms with Gasteiger partial charge in [-0.2, -0.15) is 5.26 Å². The van der Waals surface area contributed by atoms with E-state index in [-0.39, 0.29) is 0 Å². The topological polar surface area (TPSA) is 33.6 Å². The Hall–Kier alpha value is -9.49. The number of hydrogen-bond acceptors (Lipinski definition) is 1. The normalized spacial score (nSPS) is 11.5. The molecule has 0 spiro atoms. The number of rotatable bonds is 8. The van der Waals surface area contributed by atoms with E-state index in [0.29, 0.717) is 5.56 Å². The first-order chi connectivity index (χ1) is 37.0. The highest BCUT2D eigenvalue weighted by Gasteiger charge is 2.22. The van der Waals surface area contributed by atoms with Gasteiger partial charge in [0.2, 0.25) is 0 Å². The number of aromatic nitrogens is 2. The Labute approximate surface area is 444 Å². The van der Waals surface area contributed by atoms with Gasteiger partial charge in [-0.3, -0.25) is 0 Å². The lowest BCUT2D eigenvalue weighted by atomic mass is 9.93. The maximum atomic E-state index is 11.2. The molecule has 76 heavy (non-hydrogen) atoms. The number of nitrogens with zero attached hydrogens (tertiary/aromatic N) is 3. The predicted octanol–water partition coefficient (Wildman–Crippen LogP) is 19.6. The average molecular weight is 974 g/mol. The van der Waals surface area contributed by atoms with E-state index in [0.717, 1.165) is 55.7 Å². The Morgan fingerprint density at radius 2 is 0.632 bits per heavy atom. The molecular weight excluding hydrogens is 919 g/mol. The first kappa shape index (κ1) is 46.3. The molecule has 0 saturated heterocycles. The van der Waals surface area contributed by atoms with Gasteiger partial charge in [-0.15, -0.1) is 0 Å². The maximum Gasteiger partial charge on any atom is 0.0998 e. The van der Waals surface area contributed by atoms with Crippen molar-refractivity contribution in [1.82, 2.24) is 9.13 Å². The lowest BCUT2D eigenvalue weighted by Gasteiger charge is -2.19. The minimum atomic E-state index is 0.607. The van der Waals surface area contributed by atoms with Crippen LogP contribution in [0.2, 0.25) is 0 Å². The van der Waals surface area contributed by atoms with Crippen molar-refractivity contribution in [1.29, 1.82) is 5.26 Å². The standard InChI is InChI=1S/C73H55N3/c1-45-11-7-15-51(32-45)55-20-26-69-65(38-55)66-39-56(52-16-8-12-46(2)33-52)21-27-70(66)75(69)62-25-19-60(44-74)63(43-62)64-42-59(61-36-49(5)31-50(6)37-61)24-30-71(64)76-72-28-22-57(53-17-9-13-47(3)34-53)40-67(72)68-41-58(23-29-73(68)76)54-18-10-14-48(4)35-54/h7-43H,1-6H3. The third-order valence-electron chi connectivity index (χ3n) is 15.4. The van der Waals surface area contributed by atoms with Gasteiger partial charge in [-0.25, -0.2) is 0 Å². The molecule has 0 aliphatic heterocycles. The molecule has 0 fully saturated rings. The minimum Gasteiger partial charge on any atom is -0.309 e. The molecule has 362 valence electrons. The molecule has 0 bridgehead atoms. The Morgan fingerprint density at radius 3 is 1.03 bits per heavy atom. The van der Waals surface area contributed by atoms with Gasteiger partial charge in [0.15, 0.2) is 0 Å². The number of hydrogen-bond donors (Lipinski definition) is 0. The second-order valence-electron chi connectivity index (χ2n) is 21.0. The highest BCUT2D eigenvalue weighted by Crippen LogP contribution is 2.44. The first-order valence-electron chi connectivity index (χ1n) is 26.3. The summed E-state index contributed by atoms with van der Waals surface area (Å²) in [4.78, 5) is 0. The molecule has 0 aliphatic carbocycles. The molecular formula is C73H55N3. The van der Waals surface area contributed by atoms with Gasteiger partial charge in [-0.05, 0) is 176 Å². The van der Waals surface area contributed by atoms with Crippen molar-refractivity contribution in [2.24, 2.45) is 0 Å². The fourth-order valence-corrected chi connectivity index (χ4v) is 11.9. The van der Waals surface area contributed by atoms with Crippen LogP contribution in [-0.2, 0) is 0 Å². The highest BCUT2D eigenvalue weighted by molar-refractivity contribution is 6.13. The number of aryl methyl sites for hydroxylation is 6. The van der Waals surface area contributed by atoms with Gasteiger partial charge >= 0.3 is 0 Å². The summed E-state index contributed by atoms with van der Waals surface area (Å²) in [6.07, 6.45) is 0. The lowest BCUT2D eigenvalue weighted by Crippen LogP contribution is -2.01. The molecule has 2 heterocycles. The van der Waals surface area contributed by atoms with Gasteiger partial charge < -0.3 is 9.13 Å². The molecule has 0 N–H and O–H groups in total. The largest absolute Gasteiger partial charge is 0.309 e. The number of fused-ring (bicyclic) bond motifs is 6. The van der Waals surface area contributed by atoms with Crippen molar-refractivity contribution < 1.29 is 0 Å². The van der Waals surface area contributed by atoms with E-state index in [1.165, 1.54) is 99.4 Å². The van der Waals surface area contributed by atoms with Crippen molar-refractivity contribution in [2.45, 2.75) is 41.5 Å². The minimum absolute atomic E-state index is 0.607. The van der Waals surface area contributed by atoms with Crippen LogP contribution in [0.1, 0.15) is 38.9 Å². The fourth-order valence-electron chi connectivity index (χ4n) is 11.9. The van der Waals surface area contributed by atoms with Crippen LogP contribution in [-0.4, -0.2) is 9.13 Å². The molecule has 0 aliphatic rings. The van der Waals surface area contributed by atoms with Crippen LogP contribution in [0.5, 0.6) is 0 Å². The molecule has 11 aromatic carbocycles. The first-order valence-corrected chi connectivity index (χ1v) is 26.3. The Bertz CT molecular complexity index is 4320. The van der Waals surface area contributed by atoms with Crippen LogP contribution in [0.3, 0.4) is 0 Å².